The summed E-state index contributed by atoms with van der Waals surface area (Å²) in [5, 5.41) is 2.15. The highest BCUT2D eigenvalue weighted by molar-refractivity contribution is 9.10. The summed E-state index contributed by atoms with van der Waals surface area (Å²) in [6.45, 7) is 1.64. The van der Waals surface area contributed by atoms with Crippen molar-refractivity contribution in [3.05, 3.63) is 57.4 Å². The van der Waals surface area contributed by atoms with Gasteiger partial charge in [0.1, 0.15) is 11.6 Å². The minimum absolute atomic E-state index is 0.295. The largest absolute Gasteiger partial charge is 0.416 e. The Morgan fingerprint density at radius 1 is 1.27 bits per heavy atom. The Morgan fingerprint density at radius 3 is 2.59 bits per heavy atom. The monoisotopic (exact) mass is 376 g/mol. The van der Waals surface area contributed by atoms with Crippen LogP contribution in [0.3, 0.4) is 0 Å². The van der Waals surface area contributed by atoms with Gasteiger partial charge >= 0.3 is 6.18 Å². The first-order valence-electron chi connectivity index (χ1n) is 5.98. The topological polar surface area (TPSA) is 42.0 Å². The van der Waals surface area contributed by atoms with E-state index in [2.05, 4.69) is 26.2 Å². The van der Waals surface area contributed by atoms with Crippen molar-refractivity contribution in [2.45, 2.75) is 13.1 Å². The number of anilines is 1. The van der Waals surface area contributed by atoms with Gasteiger partial charge in [-0.25, -0.2) is 9.37 Å². The second-order valence-corrected chi connectivity index (χ2v) is 5.32. The lowest BCUT2D eigenvalue weighted by atomic mass is 10.1. The zero-order chi connectivity index (χ0) is 16.5. The van der Waals surface area contributed by atoms with Gasteiger partial charge in [0.15, 0.2) is 0 Å². The number of nitrogens with zero attached hydrogens (tertiary/aromatic N) is 1. The molecule has 0 aliphatic rings. The maximum Gasteiger partial charge on any atom is 0.416 e. The van der Waals surface area contributed by atoms with E-state index in [4.69, 9.17) is 0 Å². The number of carbonyl (C=O) groups excluding carboxylic acids is 1. The number of halogens is 5. The molecular formula is C14H9BrF4N2O. The number of rotatable bonds is 2. The molecule has 3 nitrogen and oxygen atoms in total. The second-order valence-electron chi connectivity index (χ2n) is 4.46. The number of amides is 1. The first-order valence-corrected chi connectivity index (χ1v) is 6.78. The molecule has 0 saturated carbocycles. The summed E-state index contributed by atoms with van der Waals surface area (Å²) in [7, 11) is 0. The maximum absolute atomic E-state index is 13.8. The highest BCUT2D eigenvalue weighted by atomic mass is 79.9. The Labute approximate surface area is 131 Å². The molecule has 1 aromatic carbocycles. The molecule has 8 heteroatoms. The Balaban J connectivity index is 2.28. The van der Waals surface area contributed by atoms with E-state index in [0.29, 0.717) is 16.1 Å². The van der Waals surface area contributed by atoms with Crippen LogP contribution in [0.2, 0.25) is 0 Å². The van der Waals surface area contributed by atoms with Gasteiger partial charge in [0, 0.05) is 10.7 Å². The molecule has 0 fully saturated rings. The van der Waals surface area contributed by atoms with Gasteiger partial charge < -0.3 is 5.32 Å². The van der Waals surface area contributed by atoms with Crippen molar-refractivity contribution >= 4 is 27.7 Å². The van der Waals surface area contributed by atoms with E-state index in [1.54, 1.807) is 6.92 Å². The van der Waals surface area contributed by atoms with Crippen LogP contribution in [0, 0.1) is 12.7 Å². The van der Waals surface area contributed by atoms with Crippen LogP contribution in [0.5, 0.6) is 0 Å². The molecule has 1 N–H and O–H groups in total. The minimum atomic E-state index is -4.56. The number of hydrogen-bond donors (Lipinski definition) is 1. The molecule has 22 heavy (non-hydrogen) atoms. The lowest BCUT2D eigenvalue weighted by Gasteiger charge is -2.10. The van der Waals surface area contributed by atoms with Crippen molar-refractivity contribution in [2.75, 3.05) is 5.32 Å². The van der Waals surface area contributed by atoms with Gasteiger partial charge in [-0.3, -0.25) is 4.79 Å². The molecular weight excluding hydrogens is 368 g/mol. The summed E-state index contributed by atoms with van der Waals surface area (Å²) in [6.07, 6.45) is -3.64. The summed E-state index contributed by atoms with van der Waals surface area (Å²) in [4.78, 5) is 15.6. The number of aromatic nitrogens is 1. The van der Waals surface area contributed by atoms with E-state index in [1.165, 1.54) is 6.07 Å². The molecule has 0 aliphatic heterocycles. The van der Waals surface area contributed by atoms with Crippen molar-refractivity contribution in [3.63, 3.8) is 0 Å². The molecule has 0 spiro atoms. The van der Waals surface area contributed by atoms with Crippen LogP contribution in [0.4, 0.5) is 23.4 Å². The Bertz CT molecular complexity index is 731. The van der Waals surface area contributed by atoms with Gasteiger partial charge in [-0.15, -0.1) is 0 Å². The molecule has 1 amide bonds. The zero-order valence-electron chi connectivity index (χ0n) is 11.1. The van der Waals surface area contributed by atoms with Crippen molar-refractivity contribution in [3.8, 4) is 0 Å². The summed E-state index contributed by atoms with van der Waals surface area (Å²) >= 11 is 3.16. The molecule has 0 aliphatic carbocycles. The van der Waals surface area contributed by atoms with E-state index in [0.717, 1.165) is 18.3 Å². The molecule has 2 aromatic rings. The third-order valence-corrected chi connectivity index (χ3v) is 3.68. The van der Waals surface area contributed by atoms with E-state index >= 15 is 0 Å². The summed E-state index contributed by atoms with van der Waals surface area (Å²) in [6, 6.07) is 3.86. The molecule has 0 atom stereocenters. The van der Waals surface area contributed by atoms with E-state index in [1.807, 2.05) is 0 Å². The zero-order valence-corrected chi connectivity index (χ0v) is 12.7. The lowest BCUT2D eigenvalue weighted by molar-refractivity contribution is -0.137. The van der Waals surface area contributed by atoms with E-state index in [9.17, 15) is 22.4 Å². The Kier molecular flexibility index (Phi) is 4.50. The summed E-state index contributed by atoms with van der Waals surface area (Å²) in [5.74, 6) is -1.97. The third kappa shape index (κ3) is 3.62. The van der Waals surface area contributed by atoms with Crippen LogP contribution in [0.15, 0.2) is 34.9 Å². The van der Waals surface area contributed by atoms with Crippen LogP contribution >= 0.6 is 15.9 Å². The van der Waals surface area contributed by atoms with Gasteiger partial charge in [0.2, 0.25) is 0 Å². The fraction of sp³-hybridized carbons (Fsp3) is 0.143. The average Bonchev–Trinajstić information content (AvgIpc) is 2.42. The van der Waals surface area contributed by atoms with Crippen molar-refractivity contribution in [2.24, 2.45) is 0 Å². The maximum atomic E-state index is 13.8. The molecule has 0 saturated heterocycles. The molecule has 2 rings (SSSR count). The SMILES string of the molecule is Cc1cc(F)c(C(=O)Nc2cc(C(F)(F)F)ccn2)cc1Br. The Morgan fingerprint density at radius 2 is 1.95 bits per heavy atom. The number of nitrogens with one attached hydrogen (secondary N) is 1. The quantitative estimate of drug-likeness (QED) is 0.780. The molecule has 116 valence electrons. The predicted molar refractivity (Wildman–Crippen MR) is 76.0 cm³/mol. The normalized spacial score (nSPS) is 11.4. The second kappa shape index (κ2) is 6.04. The minimum Gasteiger partial charge on any atom is -0.306 e. The predicted octanol–water partition coefficient (Wildman–Crippen LogP) is 4.56. The number of benzene rings is 1. The lowest BCUT2D eigenvalue weighted by Crippen LogP contribution is -2.16. The van der Waals surface area contributed by atoms with E-state index in [-0.39, 0.29) is 11.4 Å². The number of carbonyl (C=O) groups is 1. The first kappa shape index (κ1) is 16.4. The van der Waals surface area contributed by atoms with Crippen molar-refractivity contribution in [1.82, 2.24) is 4.98 Å². The highest BCUT2D eigenvalue weighted by Crippen LogP contribution is 2.30. The van der Waals surface area contributed by atoms with Crippen LogP contribution in [-0.2, 0) is 6.18 Å². The average molecular weight is 377 g/mol. The number of alkyl halides is 3. The van der Waals surface area contributed by atoms with E-state index < -0.39 is 23.5 Å². The molecule has 0 unspecified atom stereocenters. The van der Waals surface area contributed by atoms with Crippen LogP contribution in [0.1, 0.15) is 21.5 Å². The fourth-order valence-corrected chi connectivity index (χ4v) is 2.02. The first-order chi connectivity index (χ1) is 10.2. The molecule has 1 heterocycles. The fourth-order valence-electron chi connectivity index (χ4n) is 1.68. The molecule has 1 aromatic heterocycles. The third-order valence-electron chi connectivity index (χ3n) is 2.82. The number of pyridine rings is 1. The molecule has 0 radical (unpaired) electrons. The van der Waals surface area contributed by atoms with Gasteiger partial charge in [-0.2, -0.15) is 13.2 Å². The summed E-state index contributed by atoms with van der Waals surface area (Å²) in [5.41, 5.74) is -0.661. The van der Waals surface area contributed by atoms with Crippen LogP contribution < -0.4 is 5.32 Å². The Hall–Kier alpha value is -1.96. The highest BCUT2D eigenvalue weighted by Gasteiger charge is 2.31. The van der Waals surface area contributed by atoms with Crippen LogP contribution in [-0.4, -0.2) is 10.9 Å². The van der Waals surface area contributed by atoms with Gasteiger partial charge in [0.05, 0.1) is 11.1 Å². The van der Waals surface area contributed by atoms with Gasteiger partial charge in [-0.1, -0.05) is 15.9 Å². The molecule has 0 bridgehead atoms. The van der Waals surface area contributed by atoms with Gasteiger partial charge in [0.25, 0.3) is 5.91 Å². The van der Waals surface area contributed by atoms with Crippen molar-refractivity contribution < 1.29 is 22.4 Å². The summed E-state index contributed by atoms with van der Waals surface area (Å²) < 4.78 is 52.0. The number of aryl methyl sites for hydroxylation is 1. The standard InChI is InChI=1S/C14H9BrF4N2O/c1-7-4-11(16)9(6-10(7)15)13(22)21-12-5-8(2-3-20-12)14(17,18)19/h2-6H,1H3,(H,20,21,22). The van der Waals surface area contributed by atoms with Crippen molar-refractivity contribution in [1.29, 1.82) is 0 Å². The van der Waals surface area contributed by atoms with Gasteiger partial charge in [-0.05, 0) is 36.8 Å². The smallest absolute Gasteiger partial charge is 0.306 e. The number of hydrogen-bond acceptors (Lipinski definition) is 2. The van der Waals surface area contributed by atoms with Crippen LogP contribution in [0.25, 0.3) is 0 Å².